The Kier molecular flexibility index (Phi) is 4.83. The topological polar surface area (TPSA) is 29.1 Å². The Balaban J connectivity index is 2.81. The number of benzene rings is 1. The summed E-state index contributed by atoms with van der Waals surface area (Å²) in [6.07, 6.45) is 0.932. The molecular formula is C16H24BrNO. The average Bonchev–Trinajstić information content (AvgIpc) is 2.17. The fourth-order valence-corrected chi connectivity index (χ4v) is 2.78. The Bertz CT molecular complexity index is 472. The van der Waals surface area contributed by atoms with Crippen LogP contribution in [0.15, 0.2) is 22.7 Å². The molecule has 1 rings (SSSR count). The molecule has 1 aromatic rings. The van der Waals surface area contributed by atoms with Crippen molar-refractivity contribution in [3.8, 4) is 0 Å². The summed E-state index contributed by atoms with van der Waals surface area (Å²) in [5.41, 5.74) is 1.76. The van der Waals surface area contributed by atoms with Crippen LogP contribution in [-0.4, -0.2) is 11.4 Å². The van der Waals surface area contributed by atoms with E-state index >= 15 is 0 Å². The highest BCUT2D eigenvalue weighted by molar-refractivity contribution is 9.10. The first-order valence-corrected chi connectivity index (χ1v) is 7.38. The molecule has 3 heteroatoms. The van der Waals surface area contributed by atoms with Crippen LogP contribution in [-0.2, 0) is 0 Å². The largest absolute Gasteiger partial charge is 0.347 e. The van der Waals surface area contributed by atoms with Crippen molar-refractivity contribution < 1.29 is 4.79 Å². The highest BCUT2D eigenvalue weighted by Gasteiger charge is 2.27. The van der Waals surface area contributed by atoms with Gasteiger partial charge in [0.1, 0.15) is 0 Å². The Morgan fingerprint density at radius 3 is 2.26 bits per heavy atom. The normalized spacial score (nSPS) is 12.4. The molecule has 106 valence electrons. The molecule has 19 heavy (non-hydrogen) atoms. The zero-order chi connectivity index (χ0) is 14.8. The predicted molar refractivity (Wildman–Crippen MR) is 84.5 cm³/mol. The zero-order valence-electron chi connectivity index (χ0n) is 12.7. The smallest absolute Gasteiger partial charge is 0.251 e. The first-order valence-electron chi connectivity index (χ1n) is 6.59. The van der Waals surface area contributed by atoms with Crippen LogP contribution in [0.5, 0.6) is 0 Å². The lowest BCUT2D eigenvalue weighted by molar-refractivity contribution is 0.0891. The van der Waals surface area contributed by atoms with E-state index in [1.807, 2.05) is 25.1 Å². The van der Waals surface area contributed by atoms with Crippen LogP contribution in [0.25, 0.3) is 0 Å². The fourth-order valence-electron chi connectivity index (χ4n) is 2.54. The number of hydrogen-bond donors (Lipinski definition) is 1. The number of carbonyl (C=O) groups excluding carboxylic acids is 1. The van der Waals surface area contributed by atoms with Crippen molar-refractivity contribution in [3.05, 3.63) is 33.8 Å². The van der Waals surface area contributed by atoms with Crippen molar-refractivity contribution in [2.75, 3.05) is 0 Å². The van der Waals surface area contributed by atoms with E-state index in [4.69, 9.17) is 0 Å². The summed E-state index contributed by atoms with van der Waals surface area (Å²) in [4.78, 5) is 12.3. The van der Waals surface area contributed by atoms with E-state index < -0.39 is 0 Å². The van der Waals surface area contributed by atoms with Crippen molar-refractivity contribution >= 4 is 21.8 Å². The lowest BCUT2D eigenvalue weighted by Gasteiger charge is -2.33. The lowest BCUT2D eigenvalue weighted by atomic mass is 9.81. The third kappa shape index (κ3) is 5.35. The zero-order valence-corrected chi connectivity index (χ0v) is 14.3. The van der Waals surface area contributed by atoms with Gasteiger partial charge in [0.05, 0.1) is 0 Å². The minimum absolute atomic E-state index is 0.00940. The number of hydrogen-bond acceptors (Lipinski definition) is 1. The Morgan fingerprint density at radius 1 is 1.21 bits per heavy atom. The molecule has 2 nitrogen and oxygen atoms in total. The van der Waals surface area contributed by atoms with Crippen molar-refractivity contribution in [1.82, 2.24) is 5.32 Å². The van der Waals surface area contributed by atoms with Gasteiger partial charge in [0.2, 0.25) is 0 Å². The molecular weight excluding hydrogens is 302 g/mol. The van der Waals surface area contributed by atoms with Gasteiger partial charge in [-0.15, -0.1) is 0 Å². The molecule has 0 aromatic heterocycles. The summed E-state index contributed by atoms with van der Waals surface area (Å²) in [5, 5.41) is 3.12. The average molecular weight is 326 g/mol. The molecule has 0 saturated heterocycles. The number of aryl methyl sites for hydroxylation is 1. The van der Waals surface area contributed by atoms with Gasteiger partial charge in [0, 0.05) is 15.6 Å². The highest BCUT2D eigenvalue weighted by Crippen LogP contribution is 2.27. The molecule has 0 saturated carbocycles. The Labute approximate surface area is 125 Å². The summed E-state index contributed by atoms with van der Waals surface area (Å²) < 4.78 is 1.03. The van der Waals surface area contributed by atoms with Crippen LogP contribution >= 0.6 is 15.9 Å². The van der Waals surface area contributed by atoms with E-state index in [2.05, 4.69) is 55.9 Å². The Hall–Kier alpha value is -0.830. The molecule has 0 spiro atoms. The molecule has 1 N–H and O–H groups in total. The molecule has 0 fully saturated rings. The maximum Gasteiger partial charge on any atom is 0.251 e. The maximum atomic E-state index is 12.3. The molecule has 0 radical (unpaired) electrons. The third-order valence-electron chi connectivity index (χ3n) is 2.84. The van der Waals surface area contributed by atoms with Crippen LogP contribution in [0, 0.1) is 12.3 Å². The second-order valence-corrected chi connectivity index (χ2v) is 7.89. The van der Waals surface area contributed by atoms with Gasteiger partial charge in [0.25, 0.3) is 5.91 Å². The number of halogens is 1. The van der Waals surface area contributed by atoms with Crippen molar-refractivity contribution in [2.24, 2.45) is 5.41 Å². The van der Waals surface area contributed by atoms with E-state index in [1.54, 1.807) is 0 Å². The van der Waals surface area contributed by atoms with Crippen molar-refractivity contribution in [3.63, 3.8) is 0 Å². The second-order valence-electron chi connectivity index (χ2n) is 7.04. The minimum Gasteiger partial charge on any atom is -0.347 e. The monoisotopic (exact) mass is 325 g/mol. The molecule has 0 aliphatic rings. The van der Waals surface area contributed by atoms with Gasteiger partial charge < -0.3 is 5.32 Å². The van der Waals surface area contributed by atoms with Crippen molar-refractivity contribution in [1.29, 1.82) is 0 Å². The van der Waals surface area contributed by atoms with Crippen molar-refractivity contribution in [2.45, 2.75) is 53.5 Å². The first kappa shape index (κ1) is 16.2. The fraction of sp³-hybridized carbons (Fsp3) is 0.562. The SMILES string of the molecule is Cc1cc(C(=O)NC(C)(C)CC(C)(C)C)ccc1Br. The third-order valence-corrected chi connectivity index (χ3v) is 3.73. The van der Waals surface area contributed by atoms with Gasteiger partial charge in [-0.2, -0.15) is 0 Å². The second kappa shape index (κ2) is 5.66. The van der Waals surface area contributed by atoms with Crippen LogP contribution in [0.4, 0.5) is 0 Å². The molecule has 0 heterocycles. The van der Waals surface area contributed by atoms with Gasteiger partial charge >= 0.3 is 0 Å². The van der Waals surface area contributed by atoms with Crippen LogP contribution in [0.3, 0.4) is 0 Å². The summed E-state index contributed by atoms with van der Waals surface area (Å²) >= 11 is 3.45. The quantitative estimate of drug-likeness (QED) is 0.857. The molecule has 0 atom stereocenters. The predicted octanol–water partition coefficient (Wildman–Crippen LogP) is 4.70. The summed E-state index contributed by atoms with van der Waals surface area (Å²) in [6.45, 7) is 12.7. The van der Waals surface area contributed by atoms with E-state index in [-0.39, 0.29) is 16.9 Å². The van der Waals surface area contributed by atoms with Gasteiger partial charge in [-0.05, 0) is 56.4 Å². The number of carbonyl (C=O) groups is 1. The van der Waals surface area contributed by atoms with Crippen LogP contribution < -0.4 is 5.32 Å². The summed E-state index contributed by atoms with van der Waals surface area (Å²) in [7, 11) is 0. The Morgan fingerprint density at radius 2 is 1.79 bits per heavy atom. The van der Waals surface area contributed by atoms with E-state index in [9.17, 15) is 4.79 Å². The van der Waals surface area contributed by atoms with Gasteiger partial charge in [-0.1, -0.05) is 36.7 Å². The highest BCUT2D eigenvalue weighted by atomic mass is 79.9. The minimum atomic E-state index is -0.212. The number of amides is 1. The molecule has 0 aliphatic heterocycles. The van der Waals surface area contributed by atoms with E-state index in [0.717, 1.165) is 16.5 Å². The van der Waals surface area contributed by atoms with E-state index in [0.29, 0.717) is 5.56 Å². The summed E-state index contributed by atoms with van der Waals surface area (Å²) in [6, 6.07) is 5.67. The van der Waals surface area contributed by atoms with Gasteiger partial charge in [-0.25, -0.2) is 0 Å². The standard InChI is InChI=1S/C16H24BrNO/c1-11-9-12(7-8-13(11)17)14(19)18-16(5,6)10-15(2,3)4/h7-9H,10H2,1-6H3,(H,18,19). The van der Waals surface area contributed by atoms with Gasteiger partial charge in [0.15, 0.2) is 0 Å². The molecule has 0 unspecified atom stereocenters. The van der Waals surface area contributed by atoms with Crippen LogP contribution in [0.2, 0.25) is 0 Å². The van der Waals surface area contributed by atoms with E-state index in [1.165, 1.54) is 0 Å². The lowest BCUT2D eigenvalue weighted by Crippen LogP contribution is -2.45. The molecule has 0 aliphatic carbocycles. The molecule has 1 amide bonds. The summed E-state index contributed by atoms with van der Waals surface area (Å²) in [5.74, 6) is -0.00940. The molecule has 0 bridgehead atoms. The molecule has 1 aromatic carbocycles. The number of rotatable bonds is 3. The first-order chi connectivity index (χ1) is 8.50. The maximum absolute atomic E-state index is 12.3. The van der Waals surface area contributed by atoms with Gasteiger partial charge in [-0.3, -0.25) is 4.79 Å². The van der Waals surface area contributed by atoms with Crippen LogP contribution in [0.1, 0.15) is 57.0 Å². The number of nitrogens with one attached hydrogen (secondary N) is 1.